The van der Waals surface area contributed by atoms with Crippen LogP contribution in [-0.4, -0.2) is 18.8 Å². The van der Waals surface area contributed by atoms with Crippen molar-refractivity contribution in [2.24, 2.45) is 0 Å². The number of hydrogen-bond donors (Lipinski definition) is 1. The third-order valence-electron chi connectivity index (χ3n) is 2.70. The van der Waals surface area contributed by atoms with Gasteiger partial charge < -0.3 is 10.1 Å². The number of anilines is 1. The molecule has 1 heterocycles. The van der Waals surface area contributed by atoms with Gasteiger partial charge in [-0.3, -0.25) is 9.59 Å². The zero-order valence-corrected chi connectivity index (χ0v) is 13.3. The van der Waals surface area contributed by atoms with Crippen LogP contribution in [0, 0.1) is 0 Å². The molecule has 1 N–H and O–H groups in total. The molecule has 0 aliphatic heterocycles. The summed E-state index contributed by atoms with van der Waals surface area (Å²) in [4.78, 5) is 24.3. The molecule has 4 nitrogen and oxygen atoms in total. The fourth-order valence-corrected chi connectivity index (χ4v) is 3.73. The standard InChI is InChI=1S/C15H15NO3S2/c1-3-20-15-13(12(17)8-9-21-15)14(18)16-10-4-6-11(19-2)7-5-10/h4-9H,3H2,1-2H3,(H,16,18). The number of nitrogens with one attached hydrogen (secondary N) is 1. The van der Waals surface area contributed by atoms with Gasteiger partial charge in [0.1, 0.15) is 11.3 Å². The SMILES string of the molecule is CCSc1sccc(=O)c1C(=O)Nc1ccc(OC)cc1. The lowest BCUT2D eigenvalue weighted by Crippen LogP contribution is -2.21. The highest BCUT2D eigenvalue weighted by Crippen LogP contribution is 2.25. The number of rotatable bonds is 5. The molecule has 21 heavy (non-hydrogen) atoms. The molecule has 1 amide bonds. The first-order valence-corrected chi connectivity index (χ1v) is 8.22. The van der Waals surface area contributed by atoms with Gasteiger partial charge in [0.05, 0.1) is 11.3 Å². The Labute approximate surface area is 131 Å². The monoisotopic (exact) mass is 321 g/mol. The molecule has 0 spiro atoms. The number of hydrogen-bond acceptors (Lipinski definition) is 5. The normalized spacial score (nSPS) is 10.2. The second-order valence-electron chi connectivity index (χ2n) is 4.06. The summed E-state index contributed by atoms with van der Waals surface area (Å²) in [5, 5.41) is 4.46. The smallest absolute Gasteiger partial charge is 0.261 e. The molecule has 110 valence electrons. The van der Waals surface area contributed by atoms with Crippen molar-refractivity contribution in [3.8, 4) is 5.75 Å². The molecular formula is C15H15NO3S2. The van der Waals surface area contributed by atoms with E-state index in [0.29, 0.717) is 11.4 Å². The second kappa shape index (κ2) is 7.28. The molecule has 2 rings (SSSR count). The quantitative estimate of drug-likeness (QED) is 0.857. The maximum absolute atomic E-state index is 12.3. The molecule has 0 saturated carbocycles. The Bertz CT molecular complexity index is 680. The summed E-state index contributed by atoms with van der Waals surface area (Å²) in [6.45, 7) is 1.99. The minimum Gasteiger partial charge on any atom is -0.497 e. The fourth-order valence-electron chi connectivity index (χ4n) is 1.71. The van der Waals surface area contributed by atoms with Crippen LogP contribution in [0.25, 0.3) is 0 Å². The van der Waals surface area contributed by atoms with Crippen molar-refractivity contribution in [3.63, 3.8) is 0 Å². The summed E-state index contributed by atoms with van der Waals surface area (Å²) in [6, 6.07) is 8.40. The van der Waals surface area contributed by atoms with Crippen molar-refractivity contribution < 1.29 is 9.53 Å². The predicted molar refractivity (Wildman–Crippen MR) is 87.9 cm³/mol. The van der Waals surface area contributed by atoms with Crippen LogP contribution < -0.4 is 15.5 Å². The Morgan fingerprint density at radius 1 is 1.29 bits per heavy atom. The number of ether oxygens (including phenoxy) is 1. The van der Waals surface area contributed by atoms with E-state index in [1.807, 2.05) is 6.92 Å². The number of carbonyl (C=O) groups excluding carboxylic acids is 1. The maximum atomic E-state index is 12.3. The summed E-state index contributed by atoms with van der Waals surface area (Å²) in [5.41, 5.74) is 0.586. The van der Waals surface area contributed by atoms with Crippen LogP contribution in [0.4, 0.5) is 5.69 Å². The Morgan fingerprint density at radius 2 is 2.00 bits per heavy atom. The van der Waals surface area contributed by atoms with E-state index >= 15 is 0 Å². The highest BCUT2D eigenvalue weighted by molar-refractivity contribution is 8.01. The molecule has 6 heteroatoms. The predicted octanol–water partition coefficient (Wildman–Crippen LogP) is 3.48. The Morgan fingerprint density at radius 3 is 2.62 bits per heavy atom. The summed E-state index contributed by atoms with van der Waals surface area (Å²) >= 11 is 2.90. The Hall–Kier alpha value is -1.79. The number of carbonyl (C=O) groups is 1. The van der Waals surface area contributed by atoms with E-state index in [1.165, 1.54) is 29.2 Å². The van der Waals surface area contributed by atoms with E-state index in [-0.39, 0.29) is 16.9 Å². The lowest BCUT2D eigenvalue weighted by atomic mass is 10.2. The molecule has 0 unspecified atom stereocenters. The van der Waals surface area contributed by atoms with Crippen LogP contribution in [-0.2, 0) is 0 Å². The van der Waals surface area contributed by atoms with Crippen LogP contribution >= 0.6 is 23.1 Å². The molecule has 1 aromatic heterocycles. The fraction of sp³-hybridized carbons (Fsp3) is 0.200. The zero-order chi connectivity index (χ0) is 15.2. The van der Waals surface area contributed by atoms with Crippen molar-refractivity contribution in [3.05, 3.63) is 51.5 Å². The van der Waals surface area contributed by atoms with E-state index in [9.17, 15) is 9.59 Å². The van der Waals surface area contributed by atoms with Gasteiger partial charge in [-0.05, 0) is 41.5 Å². The highest BCUT2D eigenvalue weighted by Gasteiger charge is 2.16. The first kappa shape index (κ1) is 15.6. The molecule has 1 aromatic carbocycles. The van der Waals surface area contributed by atoms with Crippen LogP contribution in [0.1, 0.15) is 17.3 Å². The maximum Gasteiger partial charge on any atom is 0.261 e. The Balaban J connectivity index is 2.25. The minimum atomic E-state index is -0.377. The third kappa shape index (κ3) is 3.86. The van der Waals surface area contributed by atoms with E-state index in [0.717, 1.165) is 9.96 Å². The van der Waals surface area contributed by atoms with Crippen molar-refractivity contribution in [1.82, 2.24) is 0 Å². The van der Waals surface area contributed by atoms with E-state index in [2.05, 4.69) is 5.32 Å². The van der Waals surface area contributed by atoms with Crippen molar-refractivity contribution in [1.29, 1.82) is 0 Å². The molecule has 0 aliphatic rings. The number of methoxy groups -OCH3 is 1. The van der Waals surface area contributed by atoms with Crippen LogP contribution in [0.2, 0.25) is 0 Å². The largest absolute Gasteiger partial charge is 0.497 e. The topological polar surface area (TPSA) is 55.4 Å². The highest BCUT2D eigenvalue weighted by atomic mass is 32.2. The van der Waals surface area contributed by atoms with Gasteiger partial charge in [-0.1, -0.05) is 6.92 Å². The van der Waals surface area contributed by atoms with Gasteiger partial charge >= 0.3 is 0 Å². The molecule has 0 atom stereocenters. The first-order chi connectivity index (χ1) is 10.2. The minimum absolute atomic E-state index is 0.213. The van der Waals surface area contributed by atoms with Gasteiger partial charge in [-0.25, -0.2) is 0 Å². The van der Waals surface area contributed by atoms with Crippen molar-refractivity contribution >= 4 is 34.7 Å². The lowest BCUT2D eigenvalue weighted by Gasteiger charge is -2.08. The number of thioether (sulfide) groups is 1. The van der Waals surface area contributed by atoms with E-state index in [1.54, 1.807) is 36.8 Å². The summed E-state index contributed by atoms with van der Waals surface area (Å²) in [6.07, 6.45) is 0. The van der Waals surface area contributed by atoms with Gasteiger partial charge in [0.15, 0.2) is 5.43 Å². The average Bonchev–Trinajstić information content (AvgIpc) is 2.48. The van der Waals surface area contributed by atoms with Gasteiger partial charge in [0.25, 0.3) is 5.91 Å². The zero-order valence-electron chi connectivity index (χ0n) is 11.7. The molecule has 2 aromatic rings. The van der Waals surface area contributed by atoms with Crippen LogP contribution in [0.5, 0.6) is 5.75 Å². The summed E-state index contributed by atoms with van der Waals surface area (Å²) in [7, 11) is 1.58. The first-order valence-electron chi connectivity index (χ1n) is 6.35. The number of amides is 1. The van der Waals surface area contributed by atoms with Crippen molar-refractivity contribution in [2.75, 3.05) is 18.2 Å². The van der Waals surface area contributed by atoms with Crippen molar-refractivity contribution in [2.45, 2.75) is 11.1 Å². The third-order valence-corrected chi connectivity index (χ3v) is 4.78. The van der Waals surface area contributed by atoms with E-state index in [4.69, 9.17) is 4.74 Å². The molecule has 0 radical (unpaired) electrons. The lowest BCUT2D eigenvalue weighted by molar-refractivity contribution is 0.102. The van der Waals surface area contributed by atoms with Gasteiger partial charge in [-0.15, -0.1) is 23.1 Å². The molecule has 0 aliphatic carbocycles. The van der Waals surface area contributed by atoms with Gasteiger partial charge in [0.2, 0.25) is 0 Å². The van der Waals surface area contributed by atoms with Crippen LogP contribution in [0.3, 0.4) is 0 Å². The Kier molecular flexibility index (Phi) is 5.41. The summed E-state index contributed by atoms with van der Waals surface area (Å²) in [5.74, 6) is 1.14. The molecule has 0 fully saturated rings. The van der Waals surface area contributed by atoms with Gasteiger partial charge in [0, 0.05) is 5.69 Å². The number of benzene rings is 1. The molecule has 0 saturated heterocycles. The average molecular weight is 321 g/mol. The van der Waals surface area contributed by atoms with Crippen LogP contribution in [0.15, 0.2) is 44.7 Å². The second-order valence-corrected chi connectivity index (χ2v) is 6.51. The van der Waals surface area contributed by atoms with Gasteiger partial charge in [-0.2, -0.15) is 0 Å². The molecule has 0 bridgehead atoms. The summed E-state index contributed by atoms with van der Waals surface area (Å²) < 4.78 is 5.81. The molecular weight excluding hydrogens is 306 g/mol. The van der Waals surface area contributed by atoms with E-state index < -0.39 is 0 Å².